The first-order valence-corrected chi connectivity index (χ1v) is 22.3. The standard InChI is InChI=1S/C45H64ClN5O6S/c1-14-37(57-38-23-18-30(44(9,10)15-2)27-33(38)45(11,12)16-3)41(53)48-31-19-21-34(46)36(28-31)50-42(54)39(40(52)43(6,7)8)49-35-22-20-32(26-29(35)5)51(17-4)25-24-47-58(13,55)56/h18-23,26-28,37,47H,14-17,24-25H2,1-13H3,(H,48,53)(H,50,54)/b49-39+. The van der Waals surface area contributed by atoms with E-state index in [4.69, 9.17) is 16.3 Å². The van der Waals surface area contributed by atoms with Crippen molar-refractivity contribution >= 4 is 67.7 Å². The Bertz CT molecular complexity index is 2110. The molecule has 0 fully saturated rings. The number of halogens is 1. The average molecular weight is 839 g/mol. The SMILES string of the molecule is CCC(Oc1ccc(C(C)(C)CC)cc1C(C)(C)CC)C(=O)Nc1ccc(Cl)c(NC(=O)/C(=N/c2ccc(N(CC)CCNS(C)(=O)=O)cc2C)C(=O)C(C)(C)C)c1. The van der Waals surface area contributed by atoms with Crippen LogP contribution in [0.5, 0.6) is 5.75 Å². The van der Waals surface area contributed by atoms with Crippen LogP contribution >= 0.6 is 11.6 Å². The summed E-state index contributed by atoms with van der Waals surface area (Å²) in [5.41, 5.74) is 3.33. The lowest BCUT2D eigenvalue weighted by atomic mass is 9.76. The third kappa shape index (κ3) is 12.9. The van der Waals surface area contributed by atoms with Crippen molar-refractivity contribution in [3.8, 4) is 5.75 Å². The molecule has 0 bridgehead atoms. The molecule has 11 nitrogen and oxygen atoms in total. The molecule has 13 heteroatoms. The number of aryl methyl sites for hydroxylation is 1. The monoisotopic (exact) mass is 837 g/mol. The number of benzene rings is 3. The Hall–Kier alpha value is -4.26. The molecule has 1 unspecified atom stereocenters. The van der Waals surface area contributed by atoms with Gasteiger partial charge in [-0.3, -0.25) is 14.4 Å². The number of rotatable bonds is 19. The van der Waals surface area contributed by atoms with Crippen molar-refractivity contribution in [2.24, 2.45) is 10.4 Å². The van der Waals surface area contributed by atoms with E-state index in [0.717, 1.165) is 30.3 Å². The number of aliphatic imine (C=N–C) groups is 1. The minimum absolute atomic E-state index is 0.0161. The first-order valence-electron chi connectivity index (χ1n) is 20.0. The zero-order valence-corrected chi connectivity index (χ0v) is 38.2. The van der Waals surface area contributed by atoms with Crippen molar-refractivity contribution in [2.75, 3.05) is 41.4 Å². The summed E-state index contributed by atoms with van der Waals surface area (Å²) in [6.45, 7) is 25.2. The number of Topliss-reactive ketones (excluding diaryl/α,β-unsaturated/α-hetero) is 1. The zero-order chi connectivity index (χ0) is 43.8. The van der Waals surface area contributed by atoms with E-state index < -0.39 is 33.2 Å². The summed E-state index contributed by atoms with van der Waals surface area (Å²) in [5.74, 6) is -0.932. The van der Waals surface area contributed by atoms with Gasteiger partial charge < -0.3 is 20.3 Å². The van der Waals surface area contributed by atoms with E-state index in [1.165, 1.54) is 11.6 Å². The van der Waals surface area contributed by atoms with Gasteiger partial charge in [0.2, 0.25) is 10.0 Å². The first kappa shape index (κ1) is 48.1. The summed E-state index contributed by atoms with van der Waals surface area (Å²) in [5, 5.41) is 5.88. The lowest BCUT2D eigenvalue weighted by molar-refractivity contribution is -0.123. The van der Waals surface area contributed by atoms with Gasteiger partial charge in [-0.15, -0.1) is 0 Å². The Labute approximate surface area is 351 Å². The highest BCUT2D eigenvalue weighted by molar-refractivity contribution is 7.88. The third-order valence-electron chi connectivity index (χ3n) is 10.7. The minimum Gasteiger partial charge on any atom is -0.480 e. The topological polar surface area (TPSA) is 146 Å². The van der Waals surface area contributed by atoms with E-state index in [2.05, 4.69) is 74.0 Å². The van der Waals surface area contributed by atoms with Crippen molar-refractivity contribution < 1.29 is 27.5 Å². The summed E-state index contributed by atoms with van der Waals surface area (Å²) in [4.78, 5) is 48.0. The number of carbonyl (C=O) groups is 3. The van der Waals surface area contributed by atoms with E-state index in [1.54, 1.807) is 39.0 Å². The number of likely N-dealkylation sites (N-methyl/N-ethyl adjacent to an activating group) is 1. The fourth-order valence-electron chi connectivity index (χ4n) is 6.03. The summed E-state index contributed by atoms with van der Waals surface area (Å²) >= 11 is 6.57. The summed E-state index contributed by atoms with van der Waals surface area (Å²) in [6.07, 6.45) is 2.58. The summed E-state index contributed by atoms with van der Waals surface area (Å²) in [6, 6.07) is 16.4. The number of carbonyl (C=O) groups excluding carboxylic acids is 3. The molecule has 0 saturated carbocycles. The van der Waals surface area contributed by atoms with E-state index in [9.17, 15) is 22.8 Å². The van der Waals surface area contributed by atoms with Gasteiger partial charge in [0, 0.05) is 42.0 Å². The Morgan fingerprint density at radius 2 is 1.52 bits per heavy atom. The highest BCUT2D eigenvalue weighted by Crippen LogP contribution is 2.39. The maximum atomic E-state index is 13.9. The van der Waals surface area contributed by atoms with Gasteiger partial charge in [0.15, 0.2) is 17.6 Å². The molecule has 3 aromatic carbocycles. The number of hydrogen-bond acceptors (Lipinski definition) is 8. The largest absolute Gasteiger partial charge is 0.480 e. The second kappa shape index (κ2) is 19.7. The lowest BCUT2D eigenvalue weighted by Crippen LogP contribution is -2.37. The second-order valence-electron chi connectivity index (χ2n) is 17.1. The summed E-state index contributed by atoms with van der Waals surface area (Å²) < 4.78 is 32.1. The van der Waals surface area contributed by atoms with Crippen LogP contribution in [0, 0.1) is 12.3 Å². The van der Waals surface area contributed by atoms with Crippen LogP contribution in [0.25, 0.3) is 0 Å². The quantitative estimate of drug-likeness (QED) is 0.0805. The summed E-state index contributed by atoms with van der Waals surface area (Å²) in [7, 11) is -3.32. The fraction of sp³-hybridized carbons (Fsp3) is 0.511. The highest BCUT2D eigenvalue weighted by Gasteiger charge is 2.32. The number of anilines is 3. The second-order valence-corrected chi connectivity index (χ2v) is 19.3. The van der Waals surface area contributed by atoms with Gasteiger partial charge in [0.1, 0.15) is 5.75 Å². The van der Waals surface area contributed by atoms with Crippen molar-refractivity contribution in [1.29, 1.82) is 0 Å². The lowest BCUT2D eigenvalue weighted by Gasteiger charge is -2.31. The van der Waals surface area contributed by atoms with Crippen molar-refractivity contribution in [1.82, 2.24) is 4.72 Å². The molecule has 0 aromatic heterocycles. The Morgan fingerprint density at radius 3 is 2.07 bits per heavy atom. The molecule has 3 rings (SSSR count). The van der Waals surface area contributed by atoms with Crippen LogP contribution in [-0.4, -0.2) is 63.7 Å². The first-order chi connectivity index (χ1) is 26.9. The fourth-order valence-corrected chi connectivity index (χ4v) is 6.66. The molecule has 0 aliphatic rings. The van der Waals surface area contributed by atoms with Gasteiger partial charge in [-0.05, 0) is 97.5 Å². The van der Waals surface area contributed by atoms with E-state index in [0.29, 0.717) is 42.2 Å². The number of ketones is 1. The number of ether oxygens (including phenoxy) is 1. The third-order valence-corrected chi connectivity index (χ3v) is 11.7. The van der Waals surface area contributed by atoms with Crippen molar-refractivity contribution in [3.63, 3.8) is 0 Å². The molecule has 58 heavy (non-hydrogen) atoms. The van der Waals surface area contributed by atoms with Crippen molar-refractivity contribution in [2.45, 2.75) is 119 Å². The van der Waals surface area contributed by atoms with Gasteiger partial charge in [0.25, 0.3) is 11.8 Å². The van der Waals surface area contributed by atoms with E-state index in [-0.39, 0.29) is 39.7 Å². The minimum atomic E-state index is -3.32. The van der Waals surface area contributed by atoms with Crippen LogP contribution in [0.1, 0.15) is 112 Å². The molecule has 2 amide bonds. The van der Waals surface area contributed by atoms with E-state index >= 15 is 0 Å². The molecule has 3 aromatic rings. The van der Waals surface area contributed by atoms with Crippen LogP contribution in [0.15, 0.2) is 59.6 Å². The van der Waals surface area contributed by atoms with E-state index in [1.807, 2.05) is 43.9 Å². The zero-order valence-electron chi connectivity index (χ0n) is 36.6. The molecule has 0 heterocycles. The van der Waals surface area contributed by atoms with Crippen LogP contribution in [0.4, 0.5) is 22.7 Å². The van der Waals surface area contributed by atoms with Gasteiger partial charge in [-0.25, -0.2) is 18.1 Å². The van der Waals surface area contributed by atoms with Gasteiger partial charge >= 0.3 is 0 Å². The normalized spacial score (nSPS) is 13.2. The predicted molar refractivity (Wildman–Crippen MR) is 240 cm³/mol. The number of hydrogen-bond donors (Lipinski definition) is 3. The number of sulfonamides is 1. The molecule has 0 aliphatic heterocycles. The molecule has 0 saturated heterocycles. The molecule has 0 spiro atoms. The maximum absolute atomic E-state index is 13.9. The predicted octanol–water partition coefficient (Wildman–Crippen LogP) is 9.52. The molecule has 1 atom stereocenters. The van der Waals surface area contributed by atoms with Crippen molar-refractivity contribution in [3.05, 3.63) is 76.3 Å². The van der Waals surface area contributed by atoms with Crippen LogP contribution in [0.3, 0.4) is 0 Å². The Kier molecular flexibility index (Phi) is 16.3. The van der Waals surface area contributed by atoms with Gasteiger partial charge in [-0.1, -0.05) is 93.0 Å². The van der Waals surface area contributed by atoms with Gasteiger partial charge in [0.05, 0.1) is 22.7 Å². The highest BCUT2D eigenvalue weighted by atomic mass is 35.5. The number of nitrogens with zero attached hydrogens (tertiary/aromatic N) is 2. The number of amides is 2. The van der Waals surface area contributed by atoms with Crippen LogP contribution in [0.2, 0.25) is 5.02 Å². The smallest absolute Gasteiger partial charge is 0.278 e. The molecular formula is C45H64ClN5O6S. The molecule has 0 radical (unpaired) electrons. The number of nitrogens with one attached hydrogen (secondary N) is 3. The van der Waals surface area contributed by atoms with Crippen LogP contribution < -0.4 is 25.0 Å². The molecular weight excluding hydrogens is 774 g/mol. The molecule has 318 valence electrons. The van der Waals surface area contributed by atoms with Crippen LogP contribution in [-0.2, 0) is 35.2 Å². The molecule has 3 N–H and O–H groups in total. The van der Waals surface area contributed by atoms with Gasteiger partial charge in [-0.2, -0.15) is 0 Å². The maximum Gasteiger partial charge on any atom is 0.278 e. The average Bonchev–Trinajstić information content (AvgIpc) is 3.15. The Balaban J connectivity index is 1.90. The molecule has 0 aliphatic carbocycles. The Morgan fingerprint density at radius 1 is 0.862 bits per heavy atom.